The first-order chi connectivity index (χ1) is 13.2. The summed E-state index contributed by atoms with van der Waals surface area (Å²) in [7, 11) is 0. The van der Waals surface area contributed by atoms with Crippen molar-refractivity contribution in [2.24, 2.45) is 0 Å². The monoisotopic (exact) mass is 386 g/mol. The van der Waals surface area contributed by atoms with Gasteiger partial charge in [-0.15, -0.1) is 0 Å². The van der Waals surface area contributed by atoms with Gasteiger partial charge in [0, 0.05) is 18.2 Å². The topological polar surface area (TPSA) is 107 Å². The molecule has 3 aromatic rings. The van der Waals surface area contributed by atoms with E-state index in [4.69, 9.17) is 5.21 Å². The first-order valence-corrected chi connectivity index (χ1v) is 9.85. The van der Waals surface area contributed by atoms with E-state index in [1.807, 2.05) is 23.6 Å². The number of carbonyl (C=O) groups excluding carboxylic acids is 2. The number of aromatic nitrogens is 2. The lowest BCUT2D eigenvalue weighted by atomic mass is 10.1. The summed E-state index contributed by atoms with van der Waals surface area (Å²) < 4.78 is 0. The van der Waals surface area contributed by atoms with Crippen molar-refractivity contribution < 1.29 is 14.8 Å². The molecule has 27 heavy (non-hydrogen) atoms. The van der Waals surface area contributed by atoms with Crippen molar-refractivity contribution in [1.29, 1.82) is 0 Å². The Labute approximate surface area is 160 Å². The quantitative estimate of drug-likeness (QED) is 0.252. The molecule has 0 saturated heterocycles. The zero-order valence-corrected chi connectivity index (χ0v) is 15.6. The molecule has 2 aromatic heterocycles. The van der Waals surface area contributed by atoms with E-state index in [0.29, 0.717) is 25.1 Å². The molecule has 2 heterocycles. The first kappa shape index (κ1) is 19.1. The maximum atomic E-state index is 12.1. The molecule has 0 aliphatic rings. The third-order valence-electron chi connectivity index (χ3n) is 4.36. The second kappa shape index (κ2) is 9.29. The molecule has 0 saturated carbocycles. The van der Waals surface area contributed by atoms with Crippen LogP contribution in [0.5, 0.6) is 0 Å². The van der Waals surface area contributed by atoms with Crippen LogP contribution in [0, 0.1) is 0 Å². The van der Waals surface area contributed by atoms with Crippen molar-refractivity contribution >= 4 is 39.9 Å². The van der Waals surface area contributed by atoms with Gasteiger partial charge in [0.15, 0.2) is 5.82 Å². The van der Waals surface area contributed by atoms with Crippen LogP contribution in [0.4, 0.5) is 5.82 Å². The van der Waals surface area contributed by atoms with Crippen LogP contribution in [0.15, 0.2) is 35.0 Å². The largest absolute Gasteiger partial charge is 0.309 e. The van der Waals surface area contributed by atoms with Gasteiger partial charge in [-0.25, -0.2) is 5.48 Å². The number of rotatable bonds is 9. The number of H-pyrrole nitrogens is 1. The number of amides is 2. The molecule has 0 fully saturated rings. The fourth-order valence-corrected chi connectivity index (χ4v) is 3.56. The van der Waals surface area contributed by atoms with Crippen LogP contribution < -0.4 is 10.8 Å². The van der Waals surface area contributed by atoms with Gasteiger partial charge in [-0.1, -0.05) is 18.9 Å². The van der Waals surface area contributed by atoms with E-state index >= 15 is 0 Å². The number of fused-ring (bicyclic) bond motifs is 1. The van der Waals surface area contributed by atoms with Crippen LogP contribution in [-0.2, 0) is 9.59 Å². The highest BCUT2D eigenvalue weighted by Crippen LogP contribution is 2.28. The summed E-state index contributed by atoms with van der Waals surface area (Å²) >= 11 is 1.65. The Balaban J connectivity index is 1.48. The molecule has 0 spiro atoms. The van der Waals surface area contributed by atoms with Gasteiger partial charge >= 0.3 is 0 Å². The molecule has 0 atom stereocenters. The molecule has 2 amide bonds. The number of nitrogens with zero attached hydrogens (tertiary/aromatic N) is 1. The Morgan fingerprint density at radius 3 is 2.52 bits per heavy atom. The Morgan fingerprint density at radius 2 is 1.81 bits per heavy atom. The summed E-state index contributed by atoms with van der Waals surface area (Å²) in [5.41, 5.74) is 4.77. The van der Waals surface area contributed by atoms with E-state index in [0.717, 1.165) is 35.7 Å². The molecule has 4 N–H and O–H groups in total. The number of nitrogens with one attached hydrogen (secondary N) is 3. The third kappa shape index (κ3) is 5.15. The van der Waals surface area contributed by atoms with Crippen LogP contribution in [0.1, 0.15) is 38.5 Å². The average Bonchev–Trinajstić information content (AvgIpc) is 3.34. The molecule has 3 rings (SSSR count). The second-order valence-corrected chi connectivity index (χ2v) is 7.12. The average molecular weight is 386 g/mol. The van der Waals surface area contributed by atoms with Crippen molar-refractivity contribution in [1.82, 2.24) is 15.7 Å². The molecule has 0 radical (unpaired) electrons. The van der Waals surface area contributed by atoms with Gasteiger partial charge in [0.1, 0.15) is 0 Å². The van der Waals surface area contributed by atoms with Gasteiger partial charge in [0.25, 0.3) is 0 Å². The highest BCUT2D eigenvalue weighted by molar-refractivity contribution is 7.08. The van der Waals surface area contributed by atoms with E-state index in [-0.39, 0.29) is 11.8 Å². The van der Waals surface area contributed by atoms with Gasteiger partial charge in [0.05, 0.1) is 5.52 Å². The predicted octanol–water partition coefficient (Wildman–Crippen LogP) is 4.08. The van der Waals surface area contributed by atoms with Gasteiger partial charge in [-0.2, -0.15) is 16.4 Å². The normalized spacial score (nSPS) is 10.9. The van der Waals surface area contributed by atoms with Crippen molar-refractivity contribution in [2.75, 3.05) is 5.32 Å². The van der Waals surface area contributed by atoms with Crippen LogP contribution in [0.2, 0.25) is 0 Å². The Hall–Kier alpha value is -2.71. The lowest BCUT2D eigenvalue weighted by Crippen LogP contribution is -2.17. The maximum absolute atomic E-state index is 12.1. The molecule has 7 nitrogen and oxygen atoms in total. The van der Waals surface area contributed by atoms with E-state index in [2.05, 4.69) is 27.0 Å². The second-order valence-electron chi connectivity index (χ2n) is 6.34. The Morgan fingerprint density at radius 1 is 1.04 bits per heavy atom. The molecule has 0 aliphatic carbocycles. The summed E-state index contributed by atoms with van der Waals surface area (Å²) in [6.45, 7) is 0. The lowest BCUT2D eigenvalue weighted by molar-refractivity contribution is -0.129. The zero-order chi connectivity index (χ0) is 19.1. The zero-order valence-electron chi connectivity index (χ0n) is 14.8. The number of benzene rings is 1. The molecule has 0 unspecified atom stereocenters. The number of carbonyl (C=O) groups is 2. The van der Waals surface area contributed by atoms with E-state index < -0.39 is 0 Å². The van der Waals surface area contributed by atoms with Crippen molar-refractivity contribution in [3.8, 4) is 11.1 Å². The maximum Gasteiger partial charge on any atom is 0.243 e. The predicted molar refractivity (Wildman–Crippen MR) is 106 cm³/mol. The summed E-state index contributed by atoms with van der Waals surface area (Å²) in [6.07, 6.45) is 3.86. The summed E-state index contributed by atoms with van der Waals surface area (Å²) in [4.78, 5) is 23.0. The minimum atomic E-state index is -0.375. The van der Waals surface area contributed by atoms with Crippen LogP contribution >= 0.6 is 11.3 Å². The van der Waals surface area contributed by atoms with E-state index in [1.54, 1.807) is 16.8 Å². The number of unbranched alkanes of at least 4 members (excludes halogenated alkanes) is 3. The van der Waals surface area contributed by atoms with Gasteiger partial charge in [-0.05, 0) is 52.9 Å². The molecule has 142 valence electrons. The Kier molecular flexibility index (Phi) is 6.56. The number of hydroxylamine groups is 1. The first-order valence-electron chi connectivity index (χ1n) is 8.91. The van der Waals surface area contributed by atoms with Crippen LogP contribution in [-0.4, -0.2) is 27.2 Å². The van der Waals surface area contributed by atoms with Crippen molar-refractivity contribution in [3.05, 3.63) is 35.0 Å². The molecule has 0 aliphatic heterocycles. The van der Waals surface area contributed by atoms with E-state index in [1.165, 1.54) is 5.56 Å². The van der Waals surface area contributed by atoms with E-state index in [9.17, 15) is 9.59 Å². The number of hydrogen-bond acceptors (Lipinski definition) is 5. The minimum absolute atomic E-state index is 0.0709. The van der Waals surface area contributed by atoms with Gasteiger partial charge in [0.2, 0.25) is 11.8 Å². The summed E-state index contributed by atoms with van der Waals surface area (Å²) in [6, 6.07) is 8.09. The minimum Gasteiger partial charge on any atom is -0.309 e. The number of hydrogen-bond donors (Lipinski definition) is 4. The highest BCUT2D eigenvalue weighted by Gasteiger charge is 2.10. The number of thiophene rings is 1. The van der Waals surface area contributed by atoms with Crippen LogP contribution in [0.3, 0.4) is 0 Å². The smallest absolute Gasteiger partial charge is 0.243 e. The van der Waals surface area contributed by atoms with Crippen molar-refractivity contribution in [3.63, 3.8) is 0 Å². The summed E-state index contributed by atoms with van der Waals surface area (Å²) in [5, 5.41) is 23.5. The standard InChI is InChI=1S/C19H22N4O3S/c24-17(5-3-1-2-4-6-18(25)23-26)20-19-15-8-7-13(11-16(15)21-22-19)14-9-10-27-12-14/h7-12,26H,1-6H2,(H,23,25)(H2,20,21,22,24). The lowest BCUT2D eigenvalue weighted by Gasteiger charge is -2.04. The van der Waals surface area contributed by atoms with Gasteiger partial charge < -0.3 is 5.32 Å². The number of aromatic amines is 1. The highest BCUT2D eigenvalue weighted by atomic mass is 32.1. The summed E-state index contributed by atoms with van der Waals surface area (Å²) in [5.74, 6) is 0.102. The fourth-order valence-electron chi connectivity index (χ4n) is 2.90. The number of anilines is 1. The van der Waals surface area contributed by atoms with Gasteiger partial charge in [-0.3, -0.25) is 19.9 Å². The molecule has 0 bridgehead atoms. The Bertz CT molecular complexity index is 905. The molecule has 8 heteroatoms. The molecular weight excluding hydrogens is 364 g/mol. The SMILES string of the molecule is O=C(CCCCCCC(=O)Nc1n[nH]c2cc(-c3ccsc3)ccc12)NO. The fraction of sp³-hybridized carbons (Fsp3) is 0.316. The third-order valence-corrected chi connectivity index (χ3v) is 5.04. The molecular formula is C19H22N4O3S. The van der Waals surface area contributed by atoms with Crippen LogP contribution in [0.25, 0.3) is 22.0 Å². The molecule has 1 aromatic carbocycles. The van der Waals surface area contributed by atoms with Crippen molar-refractivity contribution in [2.45, 2.75) is 38.5 Å².